The second kappa shape index (κ2) is 8.63. The first-order valence-corrected chi connectivity index (χ1v) is 13.0. The summed E-state index contributed by atoms with van der Waals surface area (Å²) in [5.74, 6) is -0.170. The summed E-state index contributed by atoms with van der Waals surface area (Å²) in [5, 5.41) is 5.43. The number of hydrogen-bond acceptors (Lipinski definition) is 2. The zero-order valence-electron chi connectivity index (χ0n) is 20.9. The molecule has 1 aromatic carbocycles. The minimum atomic E-state index is -4.91. The molecule has 0 aromatic heterocycles. The summed E-state index contributed by atoms with van der Waals surface area (Å²) in [5.41, 5.74) is -3.83. The molecule has 1 aliphatic heterocycles. The van der Waals surface area contributed by atoms with Crippen LogP contribution in [0.2, 0.25) is 0 Å². The van der Waals surface area contributed by atoms with Crippen molar-refractivity contribution in [2.75, 3.05) is 5.32 Å². The summed E-state index contributed by atoms with van der Waals surface area (Å²) in [6.07, 6.45) is -3.78. The first-order valence-electron chi connectivity index (χ1n) is 13.0. The lowest BCUT2D eigenvalue weighted by molar-refractivity contribution is -0.141. The maximum atomic E-state index is 13.6. The third-order valence-corrected chi connectivity index (χ3v) is 10.3. The van der Waals surface area contributed by atoms with Crippen LogP contribution < -0.4 is 10.6 Å². The molecule has 0 radical (unpaired) electrons. The molecule has 3 saturated carbocycles. The molecular formula is C27H32F6N2O2. The van der Waals surface area contributed by atoms with E-state index in [1.807, 2.05) is 6.92 Å². The average Bonchev–Trinajstić information content (AvgIpc) is 3.15. The summed E-state index contributed by atoms with van der Waals surface area (Å²) in [4.78, 5) is 25.4. The summed E-state index contributed by atoms with van der Waals surface area (Å²) in [6, 6.07) is 1.29. The number of anilines is 1. The fraction of sp³-hybridized carbons (Fsp3) is 0.704. The number of piperidine rings is 1. The van der Waals surface area contributed by atoms with E-state index in [0.29, 0.717) is 42.9 Å². The van der Waals surface area contributed by atoms with Gasteiger partial charge in [0.1, 0.15) is 0 Å². The highest BCUT2D eigenvalue weighted by Crippen LogP contribution is 2.65. The molecule has 3 aliphatic carbocycles. The van der Waals surface area contributed by atoms with Crippen molar-refractivity contribution in [3.63, 3.8) is 0 Å². The molecule has 1 aromatic rings. The normalized spacial score (nSPS) is 37.7. The van der Waals surface area contributed by atoms with E-state index >= 15 is 0 Å². The van der Waals surface area contributed by atoms with Crippen LogP contribution in [-0.2, 0) is 21.9 Å². The van der Waals surface area contributed by atoms with Crippen LogP contribution in [0.3, 0.4) is 0 Å². The molecule has 1 heterocycles. The van der Waals surface area contributed by atoms with E-state index < -0.39 is 46.4 Å². The van der Waals surface area contributed by atoms with Gasteiger partial charge in [0.05, 0.1) is 16.8 Å². The Morgan fingerprint density at radius 1 is 0.919 bits per heavy atom. The van der Waals surface area contributed by atoms with Gasteiger partial charge in [-0.3, -0.25) is 9.59 Å². The SMILES string of the molecule is C[C@]12CCC(=O)NC1CC[C@@H]1[C@H]2CC[C@]2(C)C(C(=O)Nc3cc(C(F)(F)F)ccc3C(F)(F)F)CC[C@@H]12. The van der Waals surface area contributed by atoms with Crippen molar-refractivity contribution in [2.24, 2.45) is 34.5 Å². The van der Waals surface area contributed by atoms with Gasteiger partial charge in [0.2, 0.25) is 11.8 Å². The number of rotatable bonds is 2. The smallest absolute Gasteiger partial charge is 0.353 e. The molecule has 1 saturated heterocycles. The number of carbonyl (C=O) groups excluding carboxylic acids is 2. The number of amides is 2. The zero-order valence-corrected chi connectivity index (χ0v) is 20.9. The lowest BCUT2D eigenvalue weighted by atomic mass is 9.47. The lowest BCUT2D eigenvalue weighted by Crippen LogP contribution is -2.61. The predicted octanol–water partition coefficient (Wildman–Crippen LogP) is 6.80. The van der Waals surface area contributed by atoms with Crippen molar-refractivity contribution in [3.05, 3.63) is 29.3 Å². The average molecular weight is 531 g/mol. The molecule has 4 nitrogen and oxygen atoms in total. The van der Waals surface area contributed by atoms with Gasteiger partial charge in [-0.1, -0.05) is 13.8 Å². The topological polar surface area (TPSA) is 58.2 Å². The Hall–Kier alpha value is -2.26. The van der Waals surface area contributed by atoms with Crippen LogP contribution in [-0.4, -0.2) is 17.9 Å². The fourth-order valence-electron chi connectivity index (χ4n) is 8.42. The molecule has 37 heavy (non-hydrogen) atoms. The van der Waals surface area contributed by atoms with Gasteiger partial charge in [-0.2, -0.15) is 26.3 Å². The van der Waals surface area contributed by atoms with Crippen molar-refractivity contribution in [2.45, 2.75) is 83.6 Å². The van der Waals surface area contributed by atoms with Crippen LogP contribution in [0.4, 0.5) is 32.0 Å². The molecule has 5 rings (SSSR count). The quantitative estimate of drug-likeness (QED) is 0.413. The Bertz CT molecular complexity index is 1100. The van der Waals surface area contributed by atoms with Gasteiger partial charge in [-0.25, -0.2) is 0 Å². The maximum Gasteiger partial charge on any atom is 0.418 e. The van der Waals surface area contributed by atoms with Gasteiger partial charge in [0, 0.05) is 18.4 Å². The number of alkyl halides is 6. The molecule has 4 fully saturated rings. The van der Waals surface area contributed by atoms with E-state index in [4.69, 9.17) is 0 Å². The second-order valence-corrected chi connectivity index (χ2v) is 12.0. The second-order valence-electron chi connectivity index (χ2n) is 12.0. The van der Waals surface area contributed by atoms with Crippen LogP contribution in [0.15, 0.2) is 18.2 Å². The summed E-state index contributed by atoms with van der Waals surface area (Å²) >= 11 is 0. The van der Waals surface area contributed by atoms with E-state index in [9.17, 15) is 35.9 Å². The minimum absolute atomic E-state index is 0.0157. The van der Waals surface area contributed by atoms with Crippen LogP contribution in [0, 0.1) is 34.5 Å². The van der Waals surface area contributed by atoms with E-state index in [2.05, 4.69) is 17.6 Å². The highest BCUT2D eigenvalue weighted by Gasteiger charge is 2.61. The Kier molecular flexibility index (Phi) is 6.15. The Labute approximate surface area is 211 Å². The standard InChI is InChI=1S/C27H32F6N2O2/c1-24-11-9-17-15(4-8-21-25(17,2)12-10-22(36)35-21)16(24)6-7-19(24)23(37)34-20-13-14(26(28,29)30)3-5-18(20)27(31,32)33/h3,5,13,15-17,19,21H,4,6-12H2,1-2H3,(H,34,37)(H,35,36)/t15-,16-,17+,19?,21?,24-,25+/m0/s1. The van der Waals surface area contributed by atoms with Crippen molar-refractivity contribution in [1.82, 2.24) is 5.32 Å². The van der Waals surface area contributed by atoms with E-state index in [1.54, 1.807) is 0 Å². The van der Waals surface area contributed by atoms with Gasteiger partial charge >= 0.3 is 12.4 Å². The number of benzene rings is 1. The number of nitrogens with one attached hydrogen (secondary N) is 2. The largest absolute Gasteiger partial charge is 0.418 e. The molecular weight excluding hydrogens is 498 g/mol. The Balaban J connectivity index is 1.39. The maximum absolute atomic E-state index is 13.6. The highest BCUT2D eigenvalue weighted by molar-refractivity contribution is 5.94. The molecule has 0 bridgehead atoms. The summed E-state index contributed by atoms with van der Waals surface area (Å²) in [7, 11) is 0. The monoisotopic (exact) mass is 530 g/mol. The van der Waals surface area contributed by atoms with E-state index in [-0.39, 0.29) is 23.3 Å². The third kappa shape index (κ3) is 4.32. The molecule has 7 atom stereocenters. The van der Waals surface area contributed by atoms with Gasteiger partial charge in [0.15, 0.2) is 0 Å². The molecule has 2 amide bonds. The van der Waals surface area contributed by atoms with Gasteiger partial charge < -0.3 is 10.6 Å². The Morgan fingerprint density at radius 3 is 2.30 bits per heavy atom. The third-order valence-electron chi connectivity index (χ3n) is 10.3. The highest BCUT2D eigenvalue weighted by atomic mass is 19.4. The number of fused-ring (bicyclic) bond motifs is 5. The Morgan fingerprint density at radius 2 is 1.62 bits per heavy atom. The van der Waals surface area contributed by atoms with Gasteiger partial charge in [0.25, 0.3) is 0 Å². The van der Waals surface area contributed by atoms with E-state index in [1.165, 1.54) is 0 Å². The lowest BCUT2D eigenvalue weighted by Gasteiger charge is -2.60. The molecule has 2 N–H and O–H groups in total. The van der Waals surface area contributed by atoms with Crippen molar-refractivity contribution < 1.29 is 35.9 Å². The molecule has 10 heteroatoms. The van der Waals surface area contributed by atoms with Gasteiger partial charge in [-0.05, 0) is 91.7 Å². The van der Waals surface area contributed by atoms with Gasteiger partial charge in [-0.15, -0.1) is 0 Å². The molecule has 0 spiro atoms. The fourth-order valence-corrected chi connectivity index (χ4v) is 8.42. The number of halogens is 6. The van der Waals surface area contributed by atoms with Crippen LogP contribution in [0.1, 0.15) is 76.3 Å². The molecule has 2 unspecified atom stereocenters. The number of carbonyl (C=O) groups is 2. The zero-order chi connectivity index (χ0) is 27.0. The van der Waals surface area contributed by atoms with E-state index in [0.717, 1.165) is 38.5 Å². The first-order chi connectivity index (χ1) is 17.1. The van der Waals surface area contributed by atoms with Crippen molar-refractivity contribution >= 4 is 17.5 Å². The molecule has 4 aliphatic rings. The van der Waals surface area contributed by atoms with Crippen molar-refractivity contribution in [3.8, 4) is 0 Å². The predicted molar refractivity (Wildman–Crippen MR) is 124 cm³/mol. The summed E-state index contributed by atoms with van der Waals surface area (Å²) < 4.78 is 80.4. The molecule has 204 valence electrons. The first kappa shape index (κ1) is 26.4. The van der Waals surface area contributed by atoms with Crippen LogP contribution >= 0.6 is 0 Å². The number of hydrogen-bond donors (Lipinski definition) is 2. The van der Waals surface area contributed by atoms with Crippen molar-refractivity contribution in [1.29, 1.82) is 0 Å². The minimum Gasteiger partial charge on any atom is -0.353 e. The van der Waals surface area contributed by atoms with Crippen LogP contribution in [0.25, 0.3) is 0 Å². The van der Waals surface area contributed by atoms with Crippen LogP contribution in [0.5, 0.6) is 0 Å². The summed E-state index contributed by atoms with van der Waals surface area (Å²) in [6.45, 7) is 4.28.